The number of nitriles is 1. The summed E-state index contributed by atoms with van der Waals surface area (Å²) >= 11 is 3.43. The van der Waals surface area contributed by atoms with Crippen molar-refractivity contribution in [3.63, 3.8) is 0 Å². The lowest BCUT2D eigenvalue weighted by Gasteiger charge is -2.26. The smallest absolute Gasteiger partial charge is 0.343 e. The summed E-state index contributed by atoms with van der Waals surface area (Å²) in [7, 11) is 4.40. The lowest BCUT2D eigenvalue weighted by molar-refractivity contribution is 0.0733. The van der Waals surface area contributed by atoms with Gasteiger partial charge in [-0.15, -0.1) is 0 Å². The highest BCUT2D eigenvalue weighted by atomic mass is 79.9. The van der Waals surface area contributed by atoms with Gasteiger partial charge in [-0.25, -0.2) is 4.79 Å². The number of nitrogens with zero attached hydrogens (tertiary/aromatic N) is 1. The number of carbonyl (C=O) groups is 1. The molecule has 1 atom stereocenters. The molecule has 1 unspecified atom stereocenters. The molecule has 0 saturated carbocycles. The highest BCUT2D eigenvalue weighted by Gasteiger charge is 2.31. The number of carbonyl (C=O) groups excluding carboxylic acids is 1. The van der Waals surface area contributed by atoms with Gasteiger partial charge in [-0.3, -0.25) is 0 Å². The van der Waals surface area contributed by atoms with Crippen LogP contribution in [-0.2, 0) is 0 Å². The van der Waals surface area contributed by atoms with E-state index in [1.165, 1.54) is 33.5 Å². The summed E-state index contributed by atoms with van der Waals surface area (Å²) in [4.78, 5) is 12.9. The van der Waals surface area contributed by atoms with Gasteiger partial charge in [-0.1, -0.05) is 34.1 Å². The SMILES string of the molecule is COc1cc(C(=O)Oc2ccc3c(c2)OC(N)=C(C#N)C3c2ccc(Br)cc2)cc(OC)c1OC. The average molecular weight is 537 g/mol. The van der Waals surface area contributed by atoms with Crippen LogP contribution in [-0.4, -0.2) is 27.3 Å². The number of hydrogen-bond acceptors (Lipinski definition) is 8. The zero-order valence-corrected chi connectivity index (χ0v) is 20.7. The van der Waals surface area contributed by atoms with Gasteiger partial charge < -0.3 is 29.4 Å². The Balaban J connectivity index is 1.67. The van der Waals surface area contributed by atoms with Crippen molar-refractivity contribution in [1.82, 2.24) is 0 Å². The van der Waals surface area contributed by atoms with Gasteiger partial charge in [0.05, 0.1) is 32.8 Å². The Morgan fingerprint density at radius 3 is 2.23 bits per heavy atom. The first-order chi connectivity index (χ1) is 16.9. The number of methoxy groups -OCH3 is 3. The van der Waals surface area contributed by atoms with Gasteiger partial charge in [0.1, 0.15) is 23.1 Å². The average Bonchev–Trinajstić information content (AvgIpc) is 2.87. The maximum atomic E-state index is 12.9. The molecule has 3 aromatic carbocycles. The normalized spacial score (nSPS) is 14.3. The van der Waals surface area contributed by atoms with E-state index in [2.05, 4.69) is 22.0 Å². The van der Waals surface area contributed by atoms with Crippen LogP contribution in [0.15, 0.2) is 70.5 Å². The molecular weight excluding hydrogens is 516 g/mol. The highest BCUT2D eigenvalue weighted by molar-refractivity contribution is 9.10. The molecule has 8 nitrogen and oxygen atoms in total. The van der Waals surface area contributed by atoms with Crippen molar-refractivity contribution in [2.24, 2.45) is 5.73 Å². The van der Waals surface area contributed by atoms with Crippen molar-refractivity contribution in [3.05, 3.63) is 87.2 Å². The Labute approximate surface area is 210 Å². The summed E-state index contributed by atoms with van der Waals surface area (Å²) < 4.78 is 28.1. The summed E-state index contributed by atoms with van der Waals surface area (Å²) in [5, 5.41) is 9.72. The maximum absolute atomic E-state index is 12.9. The predicted octanol–water partition coefficient (Wildman–Crippen LogP) is 4.91. The van der Waals surface area contributed by atoms with Gasteiger partial charge in [-0.05, 0) is 35.9 Å². The molecule has 2 N–H and O–H groups in total. The molecular formula is C26H21BrN2O6. The van der Waals surface area contributed by atoms with Crippen LogP contribution in [0.25, 0.3) is 0 Å². The Morgan fingerprint density at radius 1 is 1.00 bits per heavy atom. The Bertz CT molecular complexity index is 1340. The van der Waals surface area contributed by atoms with E-state index < -0.39 is 11.9 Å². The lowest BCUT2D eigenvalue weighted by Crippen LogP contribution is -2.21. The molecule has 3 aromatic rings. The van der Waals surface area contributed by atoms with E-state index in [1.54, 1.807) is 18.2 Å². The number of allylic oxidation sites excluding steroid dienone is 1. The van der Waals surface area contributed by atoms with Gasteiger partial charge in [0.25, 0.3) is 0 Å². The van der Waals surface area contributed by atoms with Crippen molar-refractivity contribution in [2.45, 2.75) is 5.92 Å². The fourth-order valence-corrected chi connectivity index (χ4v) is 4.13. The Morgan fingerprint density at radius 2 is 1.66 bits per heavy atom. The van der Waals surface area contributed by atoms with Crippen LogP contribution >= 0.6 is 15.9 Å². The molecule has 0 aliphatic carbocycles. The number of nitrogens with two attached hydrogens (primary N) is 1. The van der Waals surface area contributed by atoms with Gasteiger partial charge in [0.2, 0.25) is 11.6 Å². The van der Waals surface area contributed by atoms with Crippen LogP contribution in [0.5, 0.6) is 28.7 Å². The second-order valence-corrected chi connectivity index (χ2v) is 8.40. The van der Waals surface area contributed by atoms with E-state index >= 15 is 0 Å². The second-order valence-electron chi connectivity index (χ2n) is 7.48. The topological polar surface area (TPSA) is 113 Å². The fourth-order valence-electron chi connectivity index (χ4n) is 3.86. The molecule has 1 aliphatic rings. The van der Waals surface area contributed by atoms with E-state index in [-0.39, 0.29) is 17.2 Å². The molecule has 1 aliphatic heterocycles. The predicted molar refractivity (Wildman–Crippen MR) is 131 cm³/mol. The van der Waals surface area contributed by atoms with Crippen LogP contribution in [0.2, 0.25) is 0 Å². The van der Waals surface area contributed by atoms with Gasteiger partial charge in [0.15, 0.2) is 11.5 Å². The molecule has 9 heteroatoms. The molecule has 35 heavy (non-hydrogen) atoms. The van der Waals surface area contributed by atoms with E-state index in [0.717, 1.165) is 15.6 Å². The number of ether oxygens (including phenoxy) is 5. The third-order valence-electron chi connectivity index (χ3n) is 5.50. The first-order valence-corrected chi connectivity index (χ1v) is 11.2. The zero-order valence-electron chi connectivity index (χ0n) is 19.1. The van der Waals surface area contributed by atoms with Crippen LogP contribution in [0, 0.1) is 11.3 Å². The summed E-state index contributed by atoms with van der Waals surface area (Å²) in [6.45, 7) is 0. The first-order valence-electron chi connectivity index (χ1n) is 10.4. The van der Waals surface area contributed by atoms with Crippen molar-refractivity contribution < 1.29 is 28.5 Å². The number of benzene rings is 3. The van der Waals surface area contributed by atoms with Crippen LogP contribution < -0.4 is 29.4 Å². The number of halogens is 1. The molecule has 0 saturated heterocycles. The highest BCUT2D eigenvalue weighted by Crippen LogP contribution is 2.44. The van der Waals surface area contributed by atoms with Crippen molar-refractivity contribution in [1.29, 1.82) is 5.26 Å². The monoisotopic (exact) mass is 536 g/mol. The van der Waals surface area contributed by atoms with Crippen molar-refractivity contribution >= 4 is 21.9 Å². The minimum absolute atomic E-state index is 0.000947. The molecule has 0 radical (unpaired) electrons. The Kier molecular flexibility index (Phi) is 6.85. The Hall–Kier alpha value is -4.16. The molecule has 0 aromatic heterocycles. The third kappa shape index (κ3) is 4.61. The van der Waals surface area contributed by atoms with Crippen molar-refractivity contribution in [3.8, 4) is 34.8 Å². The largest absolute Gasteiger partial charge is 0.493 e. The molecule has 0 bridgehead atoms. The van der Waals surface area contributed by atoms with Crippen LogP contribution in [0.1, 0.15) is 27.4 Å². The van der Waals surface area contributed by atoms with Gasteiger partial charge >= 0.3 is 5.97 Å². The quantitative estimate of drug-likeness (QED) is 0.349. The van der Waals surface area contributed by atoms with Crippen LogP contribution in [0.3, 0.4) is 0 Å². The lowest BCUT2D eigenvalue weighted by atomic mass is 9.83. The summed E-state index contributed by atoms with van der Waals surface area (Å²) in [6, 6.07) is 17.7. The summed E-state index contributed by atoms with van der Waals surface area (Å²) in [5.74, 6) is 0.597. The molecule has 0 amide bonds. The number of rotatable bonds is 6. The number of hydrogen-bond donors (Lipinski definition) is 1. The number of fused-ring (bicyclic) bond motifs is 1. The van der Waals surface area contributed by atoms with E-state index in [1.807, 2.05) is 24.3 Å². The maximum Gasteiger partial charge on any atom is 0.343 e. The van der Waals surface area contributed by atoms with Gasteiger partial charge in [-0.2, -0.15) is 5.26 Å². The minimum atomic E-state index is -0.634. The number of esters is 1. The molecule has 178 valence electrons. The third-order valence-corrected chi connectivity index (χ3v) is 6.03. The summed E-state index contributed by atoms with van der Waals surface area (Å²) in [5.41, 5.74) is 8.19. The first kappa shape index (κ1) is 24.0. The van der Waals surface area contributed by atoms with Gasteiger partial charge in [0, 0.05) is 16.1 Å². The van der Waals surface area contributed by atoms with E-state index in [9.17, 15) is 10.1 Å². The zero-order chi connectivity index (χ0) is 25.1. The van der Waals surface area contributed by atoms with E-state index in [0.29, 0.717) is 28.6 Å². The molecule has 4 rings (SSSR count). The second kappa shape index (κ2) is 9.99. The molecule has 1 heterocycles. The van der Waals surface area contributed by atoms with E-state index in [4.69, 9.17) is 29.4 Å². The van der Waals surface area contributed by atoms with Crippen molar-refractivity contribution in [2.75, 3.05) is 21.3 Å². The van der Waals surface area contributed by atoms with Crippen LogP contribution in [0.4, 0.5) is 0 Å². The standard InChI is InChI=1S/C26H21BrN2O6/c1-31-21-10-15(11-22(32-2)24(21)33-3)26(30)34-17-8-9-18-20(12-17)35-25(29)19(13-28)23(18)14-4-6-16(27)7-5-14/h4-12,23H,29H2,1-3H3. The minimum Gasteiger partial charge on any atom is -0.493 e. The summed E-state index contributed by atoms with van der Waals surface area (Å²) in [6.07, 6.45) is 0. The molecule has 0 spiro atoms. The molecule has 0 fully saturated rings. The fraction of sp³-hybridized carbons (Fsp3) is 0.154.